The van der Waals surface area contributed by atoms with Crippen molar-refractivity contribution in [2.45, 2.75) is 45.3 Å². The number of aliphatic hydroxyl groups is 1. The second-order valence-electron chi connectivity index (χ2n) is 5.36. The average Bonchev–Trinajstić information content (AvgIpc) is 2.02. The molecule has 14 heavy (non-hydrogen) atoms. The fourth-order valence-electron chi connectivity index (χ4n) is 1.89. The van der Waals surface area contributed by atoms with E-state index in [-0.39, 0.29) is 17.7 Å². The number of aliphatic hydroxyl groups excluding tert-OH is 1. The van der Waals surface area contributed by atoms with E-state index in [1.165, 1.54) is 0 Å². The zero-order valence-electron chi connectivity index (χ0n) is 9.84. The Bertz CT molecular complexity index is 184. The van der Waals surface area contributed by atoms with Crippen LogP contribution < -0.4 is 0 Å². The van der Waals surface area contributed by atoms with Crippen LogP contribution in [0.4, 0.5) is 0 Å². The number of nitrogens with zero attached hydrogens (tertiary/aromatic N) is 1. The van der Waals surface area contributed by atoms with E-state index in [1.807, 2.05) is 0 Å². The molecule has 1 unspecified atom stereocenters. The highest BCUT2D eigenvalue weighted by Crippen LogP contribution is 2.25. The maximum Gasteiger partial charge on any atom is 0.0803 e. The van der Waals surface area contributed by atoms with Crippen molar-refractivity contribution in [3.8, 4) is 0 Å². The lowest BCUT2D eigenvalue weighted by molar-refractivity contribution is -0.126. The molecule has 1 heterocycles. The first-order valence-electron chi connectivity index (χ1n) is 5.37. The van der Waals surface area contributed by atoms with E-state index in [0.717, 1.165) is 26.1 Å². The Labute approximate surface area is 87.1 Å². The molecule has 0 spiro atoms. The molecule has 0 bridgehead atoms. The molecule has 0 aromatic carbocycles. The lowest BCUT2D eigenvalue weighted by atomic mass is 9.96. The SMILES string of the molecule is CC1(CCO)CN(C(C)(C)C)CCO1. The van der Waals surface area contributed by atoms with Gasteiger partial charge < -0.3 is 9.84 Å². The molecule has 0 aromatic heterocycles. The van der Waals surface area contributed by atoms with Gasteiger partial charge in [-0.05, 0) is 27.7 Å². The van der Waals surface area contributed by atoms with Gasteiger partial charge in [0.05, 0.1) is 12.2 Å². The summed E-state index contributed by atoms with van der Waals surface area (Å²) in [5.74, 6) is 0. The van der Waals surface area contributed by atoms with Gasteiger partial charge in [0.1, 0.15) is 0 Å². The molecule has 0 aliphatic carbocycles. The molecular weight excluding hydrogens is 178 g/mol. The van der Waals surface area contributed by atoms with Gasteiger partial charge in [-0.25, -0.2) is 0 Å². The summed E-state index contributed by atoms with van der Waals surface area (Å²) in [4.78, 5) is 2.42. The van der Waals surface area contributed by atoms with Gasteiger partial charge in [0.15, 0.2) is 0 Å². The van der Waals surface area contributed by atoms with Gasteiger partial charge in [-0.15, -0.1) is 0 Å². The van der Waals surface area contributed by atoms with Crippen molar-refractivity contribution in [1.82, 2.24) is 4.90 Å². The van der Waals surface area contributed by atoms with Gasteiger partial charge in [-0.3, -0.25) is 4.90 Å². The van der Waals surface area contributed by atoms with Crippen LogP contribution >= 0.6 is 0 Å². The molecule has 3 nitrogen and oxygen atoms in total. The minimum Gasteiger partial charge on any atom is -0.396 e. The lowest BCUT2D eigenvalue weighted by Crippen LogP contribution is -2.56. The Morgan fingerprint density at radius 2 is 2.07 bits per heavy atom. The Morgan fingerprint density at radius 3 is 2.57 bits per heavy atom. The molecule has 1 aliphatic rings. The predicted octanol–water partition coefficient (Wildman–Crippen LogP) is 1.26. The smallest absolute Gasteiger partial charge is 0.0803 e. The topological polar surface area (TPSA) is 32.7 Å². The van der Waals surface area contributed by atoms with Crippen molar-refractivity contribution in [2.75, 3.05) is 26.3 Å². The second kappa shape index (κ2) is 4.17. The van der Waals surface area contributed by atoms with E-state index in [1.54, 1.807) is 0 Å². The van der Waals surface area contributed by atoms with Gasteiger partial charge >= 0.3 is 0 Å². The molecule has 84 valence electrons. The van der Waals surface area contributed by atoms with Crippen LogP contribution in [-0.4, -0.2) is 47.4 Å². The summed E-state index contributed by atoms with van der Waals surface area (Å²) in [6.07, 6.45) is 0.722. The van der Waals surface area contributed by atoms with Crippen LogP contribution in [0.15, 0.2) is 0 Å². The number of ether oxygens (including phenoxy) is 1. The van der Waals surface area contributed by atoms with Gasteiger partial charge in [-0.1, -0.05) is 0 Å². The quantitative estimate of drug-likeness (QED) is 0.730. The maximum absolute atomic E-state index is 8.97. The summed E-state index contributed by atoms with van der Waals surface area (Å²) in [5.41, 5.74) is 0.0285. The van der Waals surface area contributed by atoms with Crippen molar-refractivity contribution in [2.24, 2.45) is 0 Å². The summed E-state index contributed by atoms with van der Waals surface area (Å²) in [6.45, 7) is 11.6. The summed E-state index contributed by atoms with van der Waals surface area (Å²) in [6, 6.07) is 0. The van der Waals surface area contributed by atoms with Gasteiger partial charge in [0, 0.05) is 31.7 Å². The van der Waals surface area contributed by atoms with E-state index in [9.17, 15) is 0 Å². The summed E-state index contributed by atoms with van der Waals surface area (Å²) in [5, 5.41) is 8.97. The number of hydrogen-bond donors (Lipinski definition) is 1. The van der Waals surface area contributed by atoms with E-state index in [4.69, 9.17) is 9.84 Å². The van der Waals surface area contributed by atoms with Crippen molar-refractivity contribution >= 4 is 0 Å². The lowest BCUT2D eigenvalue weighted by Gasteiger charge is -2.46. The highest BCUT2D eigenvalue weighted by atomic mass is 16.5. The summed E-state index contributed by atoms with van der Waals surface area (Å²) in [7, 11) is 0. The van der Waals surface area contributed by atoms with Gasteiger partial charge in [0.25, 0.3) is 0 Å². The molecular formula is C11H23NO2. The first-order valence-corrected chi connectivity index (χ1v) is 5.37. The van der Waals surface area contributed by atoms with Crippen LogP contribution in [0.3, 0.4) is 0 Å². The molecule has 0 saturated carbocycles. The molecule has 0 aromatic rings. The third kappa shape index (κ3) is 2.94. The molecule has 1 N–H and O–H groups in total. The van der Waals surface area contributed by atoms with E-state index in [2.05, 4.69) is 32.6 Å². The minimum absolute atomic E-state index is 0.166. The van der Waals surface area contributed by atoms with Crippen molar-refractivity contribution in [3.63, 3.8) is 0 Å². The Hall–Kier alpha value is -0.120. The van der Waals surface area contributed by atoms with Crippen LogP contribution in [0.2, 0.25) is 0 Å². The second-order valence-corrected chi connectivity index (χ2v) is 5.36. The Balaban J connectivity index is 2.59. The van der Waals surface area contributed by atoms with Crippen LogP contribution in [0.5, 0.6) is 0 Å². The van der Waals surface area contributed by atoms with Gasteiger partial charge in [-0.2, -0.15) is 0 Å². The number of hydrogen-bond acceptors (Lipinski definition) is 3. The minimum atomic E-state index is -0.166. The number of morpholine rings is 1. The molecule has 3 heteroatoms. The number of rotatable bonds is 2. The molecule has 1 rings (SSSR count). The van der Waals surface area contributed by atoms with Gasteiger partial charge in [0.2, 0.25) is 0 Å². The molecule has 1 atom stereocenters. The molecule has 1 aliphatic heterocycles. The van der Waals surface area contributed by atoms with E-state index < -0.39 is 0 Å². The third-order valence-corrected chi connectivity index (χ3v) is 2.93. The zero-order valence-corrected chi connectivity index (χ0v) is 9.84. The van der Waals surface area contributed by atoms with Crippen molar-refractivity contribution in [3.05, 3.63) is 0 Å². The summed E-state index contributed by atoms with van der Waals surface area (Å²) >= 11 is 0. The fraction of sp³-hybridized carbons (Fsp3) is 1.00. The zero-order chi connectivity index (χ0) is 10.8. The van der Waals surface area contributed by atoms with Crippen LogP contribution in [0.25, 0.3) is 0 Å². The first kappa shape index (κ1) is 12.0. The Morgan fingerprint density at radius 1 is 1.43 bits per heavy atom. The maximum atomic E-state index is 8.97. The van der Waals surface area contributed by atoms with E-state index in [0.29, 0.717) is 0 Å². The van der Waals surface area contributed by atoms with Crippen LogP contribution in [-0.2, 0) is 4.74 Å². The predicted molar refractivity (Wildman–Crippen MR) is 57.4 cm³/mol. The fourth-order valence-corrected chi connectivity index (χ4v) is 1.89. The molecule has 1 saturated heterocycles. The normalized spacial score (nSPS) is 30.6. The highest BCUT2D eigenvalue weighted by molar-refractivity contribution is 4.88. The van der Waals surface area contributed by atoms with Crippen molar-refractivity contribution in [1.29, 1.82) is 0 Å². The Kier molecular flexibility index (Phi) is 3.56. The monoisotopic (exact) mass is 201 g/mol. The first-order chi connectivity index (χ1) is 6.37. The van der Waals surface area contributed by atoms with Crippen molar-refractivity contribution < 1.29 is 9.84 Å². The highest BCUT2D eigenvalue weighted by Gasteiger charge is 2.35. The van der Waals surface area contributed by atoms with E-state index >= 15 is 0 Å². The van der Waals surface area contributed by atoms with Crippen LogP contribution in [0, 0.1) is 0 Å². The average molecular weight is 201 g/mol. The van der Waals surface area contributed by atoms with Crippen LogP contribution in [0.1, 0.15) is 34.1 Å². The third-order valence-electron chi connectivity index (χ3n) is 2.93. The molecule has 1 fully saturated rings. The standard InChI is InChI=1S/C11H23NO2/c1-10(2,3)12-6-8-14-11(4,9-12)5-7-13/h13H,5-9H2,1-4H3. The molecule has 0 radical (unpaired) electrons. The summed E-state index contributed by atoms with van der Waals surface area (Å²) < 4.78 is 5.73. The largest absolute Gasteiger partial charge is 0.396 e. The molecule has 0 amide bonds.